The second-order valence-electron chi connectivity index (χ2n) is 3.37. The van der Waals surface area contributed by atoms with Crippen LogP contribution in [0.15, 0.2) is 11.6 Å². The van der Waals surface area contributed by atoms with Crippen molar-refractivity contribution in [3.8, 4) is 0 Å². The normalized spacial score (nSPS) is 11.2. The molecule has 0 spiro atoms. The van der Waals surface area contributed by atoms with Crippen molar-refractivity contribution in [3.63, 3.8) is 0 Å². The second-order valence-corrected chi connectivity index (χ2v) is 3.37. The number of carbonyl (C=O) groups excluding carboxylic acids is 1. The largest absolute Gasteiger partial charge is 0.303 e. The molecule has 0 amide bonds. The van der Waals surface area contributed by atoms with Gasteiger partial charge in [0.25, 0.3) is 0 Å². The molecule has 0 heterocycles. The lowest BCUT2D eigenvalue weighted by Gasteiger charge is -2.03. The highest BCUT2D eigenvalue weighted by Crippen LogP contribution is 2.09. The van der Waals surface area contributed by atoms with Crippen molar-refractivity contribution in [2.24, 2.45) is 5.92 Å². The van der Waals surface area contributed by atoms with Crippen LogP contribution in [0.5, 0.6) is 0 Å². The van der Waals surface area contributed by atoms with Gasteiger partial charge in [-0.2, -0.15) is 0 Å². The number of aldehydes is 1. The summed E-state index contributed by atoms with van der Waals surface area (Å²) in [6.07, 6.45) is 6.17. The van der Waals surface area contributed by atoms with Crippen LogP contribution in [0.2, 0.25) is 0 Å². The molecule has 0 aliphatic rings. The molecule has 0 aromatic heterocycles. The van der Waals surface area contributed by atoms with Crippen LogP contribution >= 0.6 is 12.4 Å². The minimum Gasteiger partial charge on any atom is -0.303 e. The Morgan fingerprint density at radius 2 is 2.00 bits per heavy atom. The lowest BCUT2D eigenvalue weighted by molar-refractivity contribution is -0.108. The predicted molar refractivity (Wildman–Crippen MR) is 55.8 cm³/mol. The quantitative estimate of drug-likeness (QED) is 0.480. The SMILES string of the molecule is CC(C)=CCCC(C)CC=O.Cl. The van der Waals surface area contributed by atoms with Crippen LogP contribution in [0.3, 0.4) is 0 Å². The lowest BCUT2D eigenvalue weighted by atomic mass is 10.0. The Kier molecular flexibility index (Phi) is 10.4. The van der Waals surface area contributed by atoms with Gasteiger partial charge in [0.05, 0.1) is 0 Å². The van der Waals surface area contributed by atoms with Crippen molar-refractivity contribution < 1.29 is 4.79 Å². The predicted octanol–water partition coefficient (Wildman–Crippen LogP) is 3.38. The fraction of sp³-hybridized carbons (Fsp3) is 0.700. The van der Waals surface area contributed by atoms with Gasteiger partial charge in [0, 0.05) is 6.42 Å². The summed E-state index contributed by atoms with van der Waals surface area (Å²) in [5.41, 5.74) is 1.36. The zero-order chi connectivity index (χ0) is 8.69. The summed E-state index contributed by atoms with van der Waals surface area (Å²) >= 11 is 0. The summed E-state index contributed by atoms with van der Waals surface area (Å²) < 4.78 is 0. The molecule has 0 aromatic carbocycles. The summed E-state index contributed by atoms with van der Waals surface area (Å²) in [5.74, 6) is 0.545. The third-order valence-corrected chi connectivity index (χ3v) is 1.71. The van der Waals surface area contributed by atoms with Crippen LogP contribution in [0, 0.1) is 5.92 Å². The van der Waals surface area contributed by atoms with E-state index in [1.807, 2.05) is 0 Å². The minimum atomic E-state index is 0. The first-order chi connectivity index (χ1) is 5.16. The maximum Gasteiger partial charge on any atom is 0.120 e. The van der Waals surface area contributed by atoms with E-state index in [1.165, 1.54) is 5.57 Å². The maximum atomic E-state index is 10.1. The summed E-state index contributed by atoms with van der Waals surface area (Å²) in [6.45, 7) is 6.32. The van der Waals surface area contributed by atoms with Crippen molar-refractivity contribution in [2.45, 2.75) is 40.0 Å². The van der Waals surface area contributed by atoms with Crippen molar-refractivity contribution in [1.29, 1.82) is 0 Å². The van der Waals surface area contributed by atoms with E-state index in [0.29, 0.717) is 12.3 Å². The Morgan fingerprint density at radius 3 is 2.42 bits per heavy atom. The first kappa shape index (κ1) is 14.2. The molecule has 12 heavy (non-hydrogen) atoms. The Morgan fingerprint density at radius 1 is 1.42 bits per heavy atom. The number of halogens is 1. The zero-order valence-corrected chi connectivity index (χ0v) is 8.99. The van der Waals surface area contributed by atoms with Crippen LogP contribution in [-0.2, 0) is 4.79 Å². The molecular weight excluding hydrogens is 172 g/mol. The van der Waals surface area contributed by atoms with Crippen molar-refractivity contribution >= 4 is 18.7 Å². The first-order valence-electron chi connectivity index (χ1n) is 4.23. The van der Waals surface area contributed by atoms with Gasteiger partial charge in [-0.05, 0) is 32.6 Å². The van der Waals surface area contributed by atoms with Gasteiger partial charge in [-0.1, -0.05) is 18.6 Å². The van der Waals surface area contributed by atoms with Crippen molar-refractivity contribution in [1.82, 2.24) is 0 Å². The molecule has 0 bridgehead atoms. The van der Waals surface area contributed by atoms with Gasteiger partial charge < -0.3 is 4.79 Å². The molecule has 1 nitrogen and oxygen atoms in total. The highest BCUT2D eigenvalue weighted by atomic mass is 35.5. The molecule has 0 rings (SSSR count). The molecule has 0 N–H and O–H groups in total. The average molecular weight is 191 g/mol. The summed E-state index contributed by atoms with van der Waals surface area (Å²) in [5, 5.41) is 0. The van der Waals surface area contributed by atoms with E-state index < -0.39 is 0 Å². The molecule has 0 saturated carbocycles. The van der Waals surface area contributed by atoms with Crippen LogP contribution in [-0.4, -0.2) is 6.29 Å². The van der Waals surface area contributed by atoms with E-state index in [-0.39, 0.29) is 12.4 Å². The Hall–Kier alpha value is -0.300. The van der Waals surface area contributed by atoms with Gasteiger partial charge in [0.1, 0.15) is 6.29 Å². The van der Waals surface area contributed by atoms with Crippen LogP contribution < -0.4 is 0 Å². The minimum absolute atomic E-state index is 0. The standard InChI is InChI=1S/C10H18O.ClH/c1-9(2)5-4-6-10(3)7-8-11;/h5,8,10H,4,6-7H2,1-3H3;1H. The number of hydrogen-bond donors (Lipinski definition) is 0. The highest BCUT2D eigenvalue weighted by molar-refractivity contribution is 5.85. The fourth-order valence-corrected chi connectivity index (χ4v) is 0.939. The molecular formula is C10H19ClO. The molecule has 1 atom stereocenters. The molecule has 1 unspecified atom stereocenters. The Bertz CT molecular complexity index is 137. The molecule has 0 saturated heterocycles. The maximum absolute atomic E-state index is 10.1. The summed E-state index contributed by atoms with van der Waals surface area (Å²) in [7, 11) is 0. The van der Waals surface area contributed by atoms with Gasteiger partial charge in [-0.15, -0.1) is 12.4 Å². The molecule has 2 heteroatoms. The summed E-state index contributed by atoms with van der Waals surface area (Å²) in [6, 6.07) is 0. The first-order valence-corrected chi connectivity index (χ1v) is 4.23. The molecule has 0 aromatic rings. The van der Waals surface area contributed by atoms with E-state index >= 15 is 0 Å². The smallest absolute Gasteiger partial charge is 0.120 e. The lowest BCUT2D eigenvalue weighted by Crippen LogP contribution is -1.93. The number of rotatable bonds is 5. The van der Waals surface area contributed by atoms with Crippen LogP contribution in [0.25, 0.3) is 0 Å². The molecule has 0 fully saturated rings. The van der Waals surface area contributed by atoms with E-state index in [1.54, 1.807) is 0 Å². The van der Waals surface area contributed by atoms with Crippen molar-refractivity contribution in [2.75, 3.05) is 0 Å². The second kappa shape index (κ2) is 8.79. The fourth-order valence-electron chi connectivity index (χ4n) is 0.939. The average Bonchev–Trinajstić information content (AvgIpc) is 1.87. The van der Waals surface area contributed by atoms with Gasteiger partial charge in [0.15, 0.2) is 0 Å². The van der Waals surface area contributed by atoms with Gasteiger partial charge in [-0.3, -0.25) is 0 Å². The van der Waals surface area contributed by atoms with E-state index in [9.17, 15) is 4.79 Å². The Labute approximate surface area is 81.6 Å². The molecule has 0 aliphatic carbocycles. The number of allylic oxidation sites excluding steroid dienone is 2. The number of hydrogen-bond acceptors (Lipinski definition) is 1. The van der Waals surface area contributed by atoms with E-state index in [2.05, 4.69) is 26.8 Å². The van der Waals surface area contributed by atoms with Crippen LogP contribution in [0.4, 0.5) is 0 Å². The van der Waals surface area contributed by atoms with Gasteiger partial charge in [0.2, 0.25) is 0 Å². The topological polar surface area (TPSA) is 17.1 Å². The van der Waals surface area contributed by atoms with Gasteiger partial charge >= 0.3 is 0 Å². The van der Waals surface area contributed by atoms with E-state index in [0.717, 1.165) is 19.1 Å². The van der Waals surface area contributed by atoms with Crippen molar-refractivity contribution in [3.05, 3.63) is 11.6 Å². The third kappa shape index (κ3) is 9.70. The zero-order valence-electron chi connectivity index (χ0n) is 8.17. The third-order valence-electron chi connectivity index (χ3n) is 1.71. The highest BCUT2D eigenvalue weighted by Gasteiger charge is 1.98. The molecule has 0 radical (unpaired) electrons. The van der Waals surface area contributed by atoms with Gasteiger partial charge in [-0.25, -0.2) is 0 Å². The molecule has 0 aliphatic heterocycles. The Balaban J connectivity index is 0. The monoisotopic (exact) mass is 190 g/mol. The number of carbonyl (C=O) groups is 1. The van der Waals surface area contributed by atoms with E-state index in [4.69, 9.17) is 0 Å². The summed E-state index contributed by atoms with van der Waals surface area (Å²) in [4.78, 5) is 10.1. The van der Waals surface area contributed by atoms with Crippen LogP contribution in [0.1, 0.15) is 40.0 Å². The molecule has 72 valence electrons.